The van der Waals surface area contributed by atoms with Crippen LogP contribution in [0.5, 0.6) is 0 Å². The van der Waals surface area contributed by atoms with Gasteiger partial charge in [-0.25, -0.2) is 0 Å². The van der Waals surface area contributed by atoms with Gasteiger partial charge in [0.25, 0.3) is 0 Å². The first kappa shape index (κ1) is 9.01. The van der Waals surface area contributed by atoms with E-state index in [0.717, 1.165) is 12.3 Å². The minimum atomic E-state index is -0.205. The molecule has 0 bridgehead atoms. The fraction of sp³-hybridized carbons (Fsp3) is 1.00. The second kappa shape index (κ2) is 3.55. The molecular weight excluding hydrogens is 138 g/mol. The van der Waals surface area contributed by atoms with E-state index in [-0.39, 0.29) is 6.23 Å². The van der Waals surface area contributed by atoms with Crippen molar-refractivity contribution in [2.75, 3.05) is 7.05 Å². The summed E-state index contributed by atoms with van der Waals surface area (Å²) in [5.74, 6) is 0.733. The third kappa shape index (κ3) is 1.94. The Morgan fingerprint density at radius 1 is 1.45 bits per heavy atom. The molecule has 1 heterocycles. The van der Waals surface area contributed by atoms with E-state index in [1.54, 1.807) is 0 Å². The highest BCUT2D eigenvalue weighted by Gasteiger charge is 2.28. The fourth-order valence-electron chi connectivity index (χ4n) is 1.84. The lowest BCUT2D eigenvalue weighted by Crippen LogP contribution is -2.45. The van der Waals surface area contributed by atoms with Gasteiger partial charge in [-0.15, -0.1) is 0 Å². The summed E-state index contributed by atoms with van der Waals surface area (Å²) >= 11 is 0. The molecule has 0 aromatic rings. The van der Waals surface area contributed by atoms with Gasteiger partial charge in [-0.2, -0.15) is 0 Å². The van der Waals surface area contributed by atoms with E-state index in [0.29, 0.717) is 6.04 Å². The average Bonchev–Trinajstić information content (AvgIpc) is 1.99. The van der Waals surface area contributed by atoms with Crippen molar-refractivity contribution in [1.29, 1.82) is 0 Å². The molecule has 1 saturated heterocycles. The van der Waals surface area contributed by atoms with Crippen LogP contribution in [0.2, 0.25) is 0 Å². The minimum absolute atomic E-state index is 0.205. The SMILES string of the molecule is CC[C@@H]1C[C@@H](C)N(C)[C@@H](O)C1. The van der Waals surface area contributed by atoms with Crippen molar-refractivity contribution in [3.63, 3.8) is 0 Å². The maximum Gasteiger partial charge on any atom is 0.107 e. The molecule has 2 heteroatoms. The minimum Gasteiger partial charge on any atom is -0.378 e. The summed E-state index contributed by atoms with van der Waals surface area (Å²) < 4.78 is 0. The highest BCUT2D eigenvalue weighted by molar-refractivity contribution is 4.78. The zero-order valence-corrected chi connectivity index (χ0v) is 7.75. The Balaban J connectivity index is 2.47. The topological polar surface area (TPSA) is 23.5 Å². The Kier molecular flexibility index (Phi) is 2.90. The highest BCUT2D eigenvalue weighted by atomic mass is 16.3. The lowest BCUT2D eigenvalue weighted by molar-refractivity contribution is -0.0540. The van der Waals surface area contributed by atoms with Crippen LogP contribution >= 0.6 is 0 Å². The predicted octanol–water partition coefficient (Wildman–Crippen LogP) is 1.45. The van der Waals surface area contributed by atoms with Gasteiger partial charge in [-0.05, 0) is 32.7 Å². The van der Waals surface area contributed by atoms with Crippen LogP contribution in [0.15, 0.2) is 0 Å². The molecule has 1 aliphatic heterocycles. The van der Waals surface area contributed by atoms with Gasteiger partial charge < -0.3 is 5.11 Å². The Morgan fingerprint density at radius 2 is 2.09 bits per heavy atom. The number of piperidine rings is 1. The zero-order valence-electron chi connectivity index (χ0n) is 7.75. The van der Waals surface area contributed by atoms with Crippen LogP contribution in [-0.4, -0.2) is 29.3 Å². The number of hydrogen-bond acceptors (Lipinski definition) is 2. The molecule has 66 valence electrons. The number of rotatable bonds is 1. The molecule has 0 aliphatic carbocycles. The maximum absolute atomic E-state index is 9.58. The third-order valence-corrected chi connectivity index (χ3v) is 2.96. The molecule has 11 heavy (non-hydrogen) atoms. The van der Waals surface area contributed by atoms with Crippen LogP contribution in [-0.2, 0) is 0 Å². The van der Waals surface area contributed by atoms with Crippen molar-refractivity contribution >= 4 is 0 Å². The normalized spacial score (nSPS) is 40.9. The zero-order chi connectivity index (χ0) is 8.43. The molecule has 0 saturated carbocycles. The molecule has 1 fully saturated rings. The Hall–Kier alpha value is -0.0800. The molecule has 1 aliphatic rings. The van der Waals surface area contributed by atoms with Gasteiger partial charge in [-0.3, -0.25) is 4.90 Å². The van der Waals surface area contributed by atoms with Crippen LogP contribution in [0, 0.1) is 5.92 Å². The lowest BCUT2D eigenvalue weighted by atomic mass is 9.89. The number of nitrogens with zero attached hydrogens (tertiary/aromatic N) is 1. The fourth-order valence-corrected chi connectivity index (χ4v) is 1.84. The van der Waals surface area contributed by atoms with E-state index in [4.69, 9.17) is 0 Å². The summed E-state index contributed by atoms with van der Waals surface area (Å²) in [4.78, 5) is 2.06. The first-order chi connectivity index (χ1) is 5.15. The molecule has 1 N–H and O–H groups in total. The summed E-state index contributed by atoms with van der Waals surface area (Å²) in [5, 5.41) is 9.58. The first-order valence-electron chi connectivity index (χ1n) is 4.55. The monoisotopic (exact) mass is 157 g/mol. The molecule has 0 unspecified atom stereocenters. The van der Waals surface area contributed by atoms with Crippen molar-refractivity contribution in [3.05, 3.63) is 0 Å². The molecule has 1 rings (SSSR count). The molecule has 0 aromatic carbocycles. The van der Waals surface area contributed by atoms with E-state index in [1.165, 1.54) is 12.8 Å². The van der Waals surface area contributed by atoms with Crippen LogP contribution in [0.4, 0.5) is 0 Å². The quantitative estimate of drug-likeness (QED) is 0.622. The first-order valence-corrected chi connectivity index (χ1v) is 4.55. The van der Waals surface area contributed by atoms with Crippen molar-refractivity contribution < 1.29 is 5.11 Å². The summed E-state index contributed by atoms with van der Waals surface area (Å²) in [5.41, 5.74) is 0. The molecule has 0 aromatic heterocycles. The van der Waals surface area contributed by atoms with Crippen molar-refractivity contribution in [1.82, 2.24) is 4.90 Å². The second-order valence-electron chi connectivity index (χ2n) is 3.74. The van der Waals surface area contributed by atoms with Gasteiger partial charge in [0, 0.05) is 6.04 Å². The summed E-state index contributed by atoms with van der Waals surface area (Å²) in [6.45, 7) is 4.39. The van der Waals surface area contributed by atoms with E-state index in [1.807, 2.05) is 7.05 Å². The smallest absolute Gasteiger partial charge is 0.107 e. The standard InChI is InChI=1S/C9H19NO/c1-4-8-5-7(2)10(3)9(11)6-8/h7-9,11H,4-6H2,1-3H3/t7-,8-,9+/m1/s1. The van der Waals surface area contributed by atoms with Crippen LogP contribution in [0.1, 0.15) is 33.1 Å². The molecular formula is C9H19NO. The van der Waals surface area contributed by atoms with Gasteiger partial charge >= 0.3 is 0 Å². The number of likely N-dealkylation sites (tertiary alicyclic amines) is 1. The predicted molar refractivity (Wildman–Crippen MR) is 46.2 cm³/mol. The van der Waals surface area contributed by atoms with Gasteiger partial charge in [0.2, 0.25) is 0 Å². The molecule has 0 amide bonds. The molecule has 2 nitrogen and oxygen atoms in total. The maximum atomic E-state index is 9.58. The van der Waals surface area contributed by atoms with Crippen molar-refractivity contribution in [3.8, 4) is 0 Å². The van der Waals surface area contributed by atoms with E-state index in [2.05, 4.69) is 18.7 Å². The largest absolute Gasteiger partial charge is 0.378 e. The van der Waals surface area contributed by atoms with Crippen molar-refractivity contribution in [2.24, 2.45) is 5.92 Å². The molecule has 0 spiro atoms. The molecule has 0 radical (unpaired) electrons. The van der Waals surface area contributed by atoms with E-state index < -0.39 is 0 Å². The Bertz CT molecular complexity index is 115. The number of aliphatic hydroxyl groups excluding tert-OH is 1. The summed E-state index contributed by atoms with van der Waals surface area (Å²) in [7, 11) is 2.00. The van der Waals surface area contributed by atoms with Gasteiger partial charge in [-0.1, -0.05) is 13.3 Å². The van der Waals surface area contributed by atoms with Crippen LogP contribution in [0.3, 0.4) is 0 Å². The number of aliphatic hydroxyl groups is 1. The van der Waals surface area contributed by atoms with Gasteiger partial charge in [0.1, 0.15) is 6.23 Å². The van der Waals surface area contributed by atoms with Crippen molar-refractivity contribution in [2.45, 2.75) is 45.4 Å². The second-order valence-corrected chi connectivity index (χ2v) is 3.74. The van der Waals surface area contributed by atoms with Gasteiger partial charge in [0.05, 0.1) is 0 Å². The average molecular weight is 157 g/mol. The third-order valence-electron chi connectivity index (χ3n) is 2.96. The molecule has 3 atom stereocenters. The van der Waals surface area contributed by atoms with E-state index in [9.17, 15) is 5.11 Å². The summed E-state index contributed by atoms with van der Waals surface area (Å²) in [6.07, 6.45) is 3.19. The lowest BCUT2D eigenvalue weighted by Gasteiger charge is -2.38. The Morgan fingerprint density at radius 3 is 2.55 bits per heavy atom. The van der Waals surface area contributed by atoms with E-state index >= 15 is 0 Å². The Labute approximate surface area is 69.2 Å². The van der Waals surface area contributed by atoms with Crippen LogP contribution < -0.4 is 0 Å². The summed E-state index contributed by atoms with van der Waals surface area (Å²) in [6, 6.07) is 0.545. The number of hydrogen-bond donors (Lipinski definition) is 1. The highest BCUT2D eigenvalue weighted by Crippen LogP contribution is 2.26. The van der Waals surface area contributed by atoms with Crippen LogP contribution in [0.25, 0.3) is 0 Å². The van der Waals surface area contributed by atoms with Gasteiger partial charge in [0.15, 0.2) is 0 Å².